The molecule has 3 aromatic rings. The number of carbonyl (C=O) groups excluding carboxylic acids is 1. The van der Waals surface area contributed by atoms with Crippen LogP contribution < -0.4 is 4.74 Å². The molecule has 1 aliphatic carbocycles. The van der Waals surface area contributed by atoms with Crippen LogP contribution in [-0.4, -0.2) is 49.6 Å². The molecule has 5 rings (SSSR count). The van der Waals surface area contributed by atoms with Crippen molar-refractivity contribution in [2.75, 3.05) is 6.73 Å². The molecule has 1 aromatic carbocycles. The normalized spacial score (nSPS) is 20.5. The van der Waals surface area contributed by atoms with Crippen LogP contribution in [-0.2, 0) is 13.5 Å². The number of aryl methyl sites for hydroxylation is 1. The highest BCUT2D eigenvalue weighted by Crippen LogP contribution is 2.36. The van der Waals surface area contributed by atoms with Gasteiger partial charge >= 0.3 is 0 Å². The maximum absolute atomic E-state index is 13.4. The number of carbonyl (C=O) groups is 1. The van der Waals surface area contributed by atoms with Gasteiger partial charge in [-0.3, -0.25) is 19.4 Å². The molecule has 0 saturated heterocycles. The highest BCUT2D eigenvalue weighted by molar-refractivity contribution is 5.99. The lowest BCUT2D eigenvalue weighted by molar-refractivity contribution is -0.0126. The maximum atomic E-state index is 13.4. The number of nitrogens with zero attached hydrogens (tertiary/aromatic N) is 4. The van der Waals surface area contributed by atoms with Gasteiger partial charge in [0.2, 0.25) is 0 Å². The summed E-state index contributed by atoms with van der Waals surface area (Å²) in [5.74, 6) is 0.629. The van der Waals surface area contributed by atoms with Crippen LogP contribution in [0.3, 0.4) is 0 Å². The molecule has 1 fully saturated rings. The van der Waals surface area contributed by atoms with Crippen LogP contribution in [0.25, 0.3) is 11.3 Å². The molecule has 2 aromatic heterocycles. The average Bonchev–Trinajstić information content (AvgIpc) is 3.25. The Hall–Kier alpha value is -3.19. The van der Waals surface area contributed by atoms with Crippen molar-refractivity contribution in [2.45, 2.75) is 58.1 Å². The number of aromatic nitrogens is 3. The minimum absolute atomic E-state index is 0.0448. The van der Waals surface area contributed by atoms with Gasteiger partial charge in [0.1, 0.15) is 5.75 Å². The highest BCUT2D eigenvalue weighted by Gasteiger charge is 2.37. The number of rotatable bonds is 4. The lowest BCUT2D eigenvalue weighted by Gasteiger charge is -2.40. The molecule has 1 amide bonds. The van der Waals surface area contributed by atoms with Crippen molar-refractivity contribution in [1.29, 1.82) is 0 Å². The first kappa shape index (κ1) is 21.6. The van der Waals surface area contributed by atoms with Crippen molar-refractivity contribution in [2.24, 2.45) is 7.05 Å². The molecule has 2 atom stereocenters. The molecule has 7 nitrogen and oxygen atoms in total. The molecule has 1 saturated carbocycles. The van der Waals surface area contributed by atoms with E-state index in [-0.39, 0.29) is 18.7 Å². The largest absolute Gasteiger partial charge is 0.472 e. The summed E-state index contributed by atoms with van der Waals surface area (Å²) in [4.78, 5) is 19.8. The van der Waals surface area contributed by atoms with Crippen LogP contribution in [0.2, 0.25) is 0 Å². The third-order valence-electron chi connectivity index (χ3n) is 7.10. The second-order valence-corrected chi connectivity index (χ2v) is 9.26. The van der Waals surface area contributed by atoms with Gasteiger partial charge in [-0.2, -0.15) is 5.10 Å². The first-order valence-electron chi connectivity index (χ1n) is 11.6. The Morgan fingerprint density at radius 3 is 2.67 bits per heavy atom. The molecule has 0 spiro atoms. The summed E-state index contributed by atoms with van der Waals surface area (Å²) in [7, 11) is 1.89. The number of benzene rings is 1. The fourth-order valence-electron chi connectivity index (χ4n) is 5.01. The van der Waals surface area contributed by atoms with Gasteiger partial charge in [-0.15, -0.1) is 0 Å². The molecule has 3 heterocycles. The van der Waals surface area contributed by atoms with Gasteiger partial charge in [0, 0.05) is 25.0 Å². The number of hydrogen-bond acceptors (Lipinski definition) is 5. The summed E-state index contributed by atoms with van der Waals surface area (Å²) < 4.78 is 7.83. The molecule has 2 aliphatic rings. The first-order chi connectivity index (χ1) is 15.9. The van der Waals surface area contributed by atoms with Crippen LogP contribution >= 0.6 is 0 Å². The molecule has 172 valence electrons. The summed E-state index contributed by atoms with van der Waals surface area (Å²) in [5, 5.41) is 14.7. The second kappa shape index (κ2) is 8.63. The first-order valence-corrected chi connectivity index (χ1v) is 11.6. The smallest absolute Gasteiger partial charge is 0.260 e. The van der Waals surface area contributed by atoms with E-state index in [0.29, 0.717) is 17.7 Å². The quantitative estimate of drug-likeness (QED) is 0.660. The van der Waals surface area contributed by atoms with E-state index < -0.39 is 6.10 Å². The van der Waals surface area contributed by atoms with E-state index in [9.17, 15) is 9.90 Å². The number of aliphatic hydroxyl groups is 1. The zero-order valence-electron chi connectivity index (χ0n) is 19.4. The Bertz CT molecular complexity index is 1180. The Morgan fingerprint density at radius 2 is 1.97 bits per heavy atom. The average molecular weight is 447 g/mol. The molecular formula is C26H30N4O3. The van der Waals surface area contributed by atoms with E-state index in [1.165, 1.54) is 0 Å². The summed E-state index contributed by atoms with van der Waals surface area (Å²) in [5.41, 5.74) is 6.76. The molecule has 7 heteroatoms. The van der Waals surface area contributed by atoms with E-state index in [2.05, 4.69) is 23.1 Å². The Kier molecular flexibility index (Phi) is 5.66. The number of pyridine rings is 1. The molecule has 1 N–H and O–H groups in total. The Morgan fingerprint density at radius 1 is 1.15 bits per heavy atom. The third-order valence-corrected chi connectivity index (χ3v) is 7.10. The van der Waals surface area contributed by atoms with Crippen LogP contribution in [0.1, 0.15) is 58.3 Å². The van der Waals surface area contributed by atoms with Gasteiger partial charge in [-0.1, -0.05) is 18.9 Å². The fourth-order valence-corrected chi connectivity index (χ4v) is 5.01. The molecule has 0 radical (unpaired) electrons. The standard InChI is InChI=1S/C26H30N4O3/c1-16-17(2)25-21(26(32)30(15-33-25)23-6-4-5-7-24(23)31)11-19(16)10-18-8-9-22(27-12-18)20-13-28-29(3)14-20/h8-9,11-14,23-24,31H,4-7,10,15H2,1-3H3/t23-,24-/m0/s1. The molecule has 1 aliphatic heterocycles. The lowest BCUT2D eigenvalue weighted by atomic mass is 9.89. The molecule has 0 bridgehead atoms. The van der Waals surface area contributed by atoms with Gasteiger partial charge in [0.05, 0.1) is 29.6 Å². The van der Waals surface area contributed by atoms with Crippen molar-refractivity contribution >= 4 is 5.91 Å². The van der Waals surface area contributed by atoms with Crippen LogP contribution in [0.4, 0.5) is 0 Å². The van der Waals surface area contributed by atoms with Crippen molar-refractivity contribution in [3.05, 3.63) is 64.6 Å². The van der Waals surface area contributed by atoms with Crippen molar-refractivity contribution in [3.8, 4) is 17.0 Å². The maximum Gasteiger partial charge on any atom is 0.260 e. The predicted molar refractivity (Wildman–Crippen MR) is 125 cm³/mol. The van der Waals surface area contributed by atoms with Crippen molar-refractivity contribution in [3.63, 3.8) is 0 Å². The van der Waals surface area contributed by atoms with Crippen LogP contribution in [0, 0.1) is 13.8 Å². The zero-order valence-corrected chi connectivity index (χ0v) is 19.4. The van der Waals surface area contributed by atoms with E-state index in [4.69, 9.17) is 4.74 Å². The van der Waals surface area contributed by atoms with E-state index in [1.54, 1.807) is 15.8 Å². The highest BCUT2D eigenvalue weighted by atomic mass is 16.5. The molecule has 0 unspecified atom stereocenters. The van der Waals surface area contributed by atoms with Crippen LogP contribution in [0.15, 0.2) is 36.8 Å². The number of fused-ring (bicyclic) bond motifs is 1. The number of aliphatic hydroxyl groups excluding tert-OH is 1. The second-order valence-electron chi connectivity index (χ2n) is 9.26. The van der Waals surface area contributed by atoms with Crippen LogP contribution in [0.5, 0.6) is 5.75 Å². The fraction of sp³-hybridized carbons (Fsp3) is 0.423. The minimum atomic E-state index is -0.483. The zero-order chi connectivity index (χ0) is 23.1. The van der Waals surface area contributed by atoms with Gasteiger partial charge < -0.3 is 9.84 Å². The number of ether oxygens (including phenoxy) is 1. The van der Waals surface area contributed by atoms with Crippen molar-refractivity contribution in [1.82, 2.24) is 19.7 Å². The monoisotopic (exact) mass is 446 g/mol. The van der Waals surface area contributed by atoms with Gasteiger partial charge in [0.15, 0.2) is 6.73 Å². The summed E-state index contributed by atoms with van der Waals surface area (Å²) in [6, 6.07) is 5.88. The SMILES string of the molecule is Cc1c(Cc2ccc(-c3cnn(C)c3)nc2)cc2c(c1C)OCN([C@H]1CCCC[C@@H]1O)C2=O. The number of hydrogen-bond donors (Lipinski definition) is 1. The van der Waals surface area contributed by atoms with Crippen molar-refractivity contribution < 1.29 is 14.6 Å². The topological polar surface area (TPSA) is 80.5 Å². The lowest BCUT2D eigenvalue weighted by Crippen LogP contribution is -2.52. The third kappa shape index (κ3) is 4.02. The molecule has 33 heavy (non-hydrogen) atoms. The summed E-state index contributed by atoms with van der Waals surface area (Å²) >= 11 is 0. The Labute approximate surface area is 194 Å². The summed E-state index contributed by atoms with van der Waals surface area (Å²) in [6.45, 7) is 4.29. The Balaban J connectivity index is 1.42. The van der Waals surface area contributed by atoms with E-state index in [0.717, 1.165) is 59.2 Å². The number of amides is 1. The van der Waals surface area contributed by atoms with Gasteiger partial charge in [0.25, 0.3) is 5.91 Å². The minimum Gasteiger partial charge on any atom is -0.472 e. The molecular weight excluding hydrogens is 416 g/mol. The summed E-state index contributed by atoms with van der Waals surface area (Å²) in [6.07, 6.45) is 9.42. The van der Waals surface area contributed by atoms with Gasteiger partial charge in [-0.25, -0.2) is 0 Å². The van der Waals surface area contributed by atoms with E-state index >= 15 is 0 Å². The van der Waals surface area contributed by atoms with Gasteiger partial charge in [-0.05, 0) is 67.5 Å². The van der Waals surface area contributed by atoms with E-state index in [1.807, 2.05) is 38.5 Å². The predicted octanol–water partition coefficient (Wildman–Crippen LogP) is 3.79.